The average molecular weight is 248 g/mol. The van der Waals surface area contributed by atoms with Crippen LogP contribution in [0.15, 0.2) is 18.7 Å². The zero-order valence-corrected chi connectivity index (χ0v) is 11.1. The van der Waals surface area contributed by atoms with E-state index in [0.29, 0.717) is 10.6 Å². The van der Waals surface area contributed by atoms with Crippen LogP contribution in [0.4, 0.5) is 5.00 Å². The van der Waals surface area contributed by atoms with Crippen LogP contribution in [0.25, 0.3) is 0 Å². The van der Waals surface area contributed by atoms with E-state index in [1.165, 1.54) is 37.0 Å². The number of nitrogen functional groups attached to an aromatic ring is 1. The van der Waals surface area contributed by atoms with Gasteiger partial charge in [0.25, 0.3) is 0 Å². The van der Waals surface area contributed by atoms with E-state index >= 15 is 0 Å². The first-order chi connectivity index (χ1) is 8.27. The van der Waals surface area contributed by atoms with Crippen molar-refractivity contribution in [2.75, 3.05) is 5.73 Å². The molecular formula is C14H20N2S. The van der Waals surface area contributed by atoms with Crippen LogP contribution in [-0.2, 0) is 6.42 Å². The molecule has 1 aromatic heterocycles. The molecule has 0 aliphatic heterocycles. The minimum atomic E-state index is 0.635. The lowest BCUT2D eigenvalue weighted by Gasteiger charge is -1.99. The van der Waals surface area contributed by atoms with Crippen molar-refractivity contribution in [2.45, 2.75) is 44.9 Å². The van der Waals surface area contributed by atoms with Crippen LogP contribution in [0, 0.1) is 11.3 Å². The van der Waals surface area contributed by atoms with E-state index in [2.05, 4.69) is 12.6 Å². The smallest absolute Gasteiger partial charge is 0.104 e. The summed E-state index contributed by atoms with van der Waals surface area (Å²) < 4.78 is 0. The van der Waals surface area contributed by atoms with Crippen molar-refractivity contribution in [3.05, 3.63) is 29.2 Å². The summed E-state index contributed by atoms with van der Waals surface area (Å²) in [5, 5.41) is 9.45. The number of hydrogen-bond donors (Lipinski definition) is 1. The van der Waals surface area contributed by atoms with Crippen LogP contribution in [0.2, 0.25) is 0 Å². The van der Waals surface area contributed by atoms with E-state index in [-0.39, 0.29) is 0 Å². The summed E-state index contributed by atoms with van der Waals surface area (Å²) in [5.41, 5.74) is 6.36. The molecule has 0 fully saturated rings. The highest BCUT2D eigenvalue weighted by Gasteiger charge is 2.04. The van der Waals surface area contributed by atoms with Gasteiger partial charge in [0.1, 0.15) is 11.1 Å². The first kappa shape index (κ1) is 13.8. The van der Waals surface area contributed by atoms with Crippen LogP contribution in [0.5, 0.6) is 0 Å². The summed E-state index contributed by atoms with van der Waals surface area (Å²) in [5.74, 6) is 0. The van der Waals surface area contributed by atoms with Gasteiger partial charge in [-0.25, -0.2) is 0 Å². The average Bonchev–Trinajstić information content (AvgIpc) is 2.68. The Morgan fingerprint density at radius 3 is 2.65 bits per heavy atom. The number of rotatable bonds is 8. The molecule has 0 saturated carbocycles. The van der Waals surface area contributed by atoms with E-state index in [1.807, 2.05) is 12.1 Å². The predicted molar refractivity (Wildman–Crippen MR) is 75.0 cm³/mol. The van der Waals surface area contributed by atoms with Crippen molar-refractivity contribution >= 4 is 16.3 Å². The molecule has 2 N–H and O–H groups in total. The molecule has 0 spiro atoms. The number of thiophene rings is 1. The van der Waals surface area contributed by atoms with Crippen molar-refractivity contribution in [3.8, 4) is 6.07 Å². The van der Waals surface area contributed by atoms with Gasteiger partial charge in [-0.05, 0) is 31.7 Å². The van der Waals surface area contributed by atoms with E-state index in [0.717, 1.165) is 12.8 Å². The Morgan fingerprint density at radius 2 is 2.00 bits per heavy atom. The van der Waals surface area contributed by atoms with Crippen LogP contribution < -0.4 is 5.73 Å². The summed E-state index contributed by atoms with van der Waals surface area (Å²) in [4.78, 5) is 1.24. The Hall–Kier alpha value is -1.27. The molecule has 0 aromatic carbocycles. The lowest BCUT2D eigenvalue weighted by atomic mass is 10.1. The highest BCUT2D eigenvalue weighted by Crippen LogP contribution is 2.25. The Balaban J connectivity index is 2.14. The third-order valence-corrected chi connectivity index (χ3v) is 3.79. The number of anilines is 1. The second kappa shape index (κ2) is 7.92. The van der Waals surface area contributed by atoms with Crippen LogP contribution in [0.3, 0.4) is 0 Å². The maximum absolute atomic E-state index is 8.79. The SMILES string of the molecule is C=CCCCCCCCc1cc(C#N)c(N)s1. The zero-order valence-electron chi connectivity index (χ0n) is 10.2. The molecule has 1 rings (SSSR count). The van der Waals surface area contributed by atoms with Crippen LogP contribution >= 0.6 is 11.3 Å². The van der Waals surface area contributed by atoms with Crippen LogP contribution in [0.1, 0.15) is 49.0 Å². The summed E-state index contributed by atoms with van der Waals surface area (Å²) in [6.07, 6.45) is 10.5. The second-order valence-corrected chi connectivity index (χ2v) is 5.37. The molecule has 0 unspecified atom stereocenters. The standard InChI is InChI=1S/C14H20N2S/c1-2-3-4-5-6-7-8-9-13-10-12(11-15)14(16)17-13/h2,10H,1,3-9,16H2. The molecule has 0 aliphatic rings. The number of allylic oxidation sites excluding steroid dienone is 1. The number of nitrogens with zero attached hydrogens (tertiary/aromatic N) is 1. The molecule has 3 heteroatoms. The topological polar surface area (TPSA) is 49.8 Å². The summed E-state index contributed by atoms with van der Waals surface area (Å²) in [6.45, 7) is 3.72. The molecular weight excluding hydrogens is 228 g/mol. The highest BCUT2D eigenvalue weighted by molar-refractivity contribution is 7.16. The van der Waals surface area contributed by atoms with Gasteiger partial charge in [0.05, 0.1) is 5.56 Å². The number of unbranched alkanes of at least 4 members (excludes halogenated alkanes) is 5. The molecule has 1 heterocycles. The molecule has 0 bridgehead atoms. The number of aryl methyl sites for hydroxylation is 1. The fourth-order valence-corrected chi connectivity index (χ4v) is 2.71. The molecule has 0 atom stereocenters. The molecule has 2 nitrogen and oxygen atoms in total. The Kier molecular flexibility index (Phi) is 6.42. The lowest BCUT2D eigenvalue weighted by molar-refractivity contribution is 0.619. The van der Waals surface area contributed by atoms with E-state index in [9.17, 15) is 0 Å². The fourth-order valence-electron chi connectivity index (χ4n) is 1.79. The molecule has 0 aliphatic carbocycles. The van der Waals surface area contributed by atoms with Gasteiger partial charge in [-0.3, -0.25) is 0 Å². The Morgan fingerprint density at radius 1 is 1.29 bits per heavy atom. The molecule has 0 saturated heterocycles. The molecule has 0 amide bonds. The van der Waals surface area contributed by atoms with E-state index < -0.39 is 0 Å². The van der Waals surface area contributed by atoms with Crippen molar-refractivity contribution in [3.63, 3.8) is 0 Å². The number of nitriles is 1. The maximum atomic E-state index is 8.79. The first-order valence-corrected chi connectivity index (χ1v) is 6.98. The van der Waals surface area contributed by atoms with Gasteiger partial charge >= 0.3 is 0 Å². The van der Waals surface area contributed by atoms with Gasteiger partial charge in [-0.15, -0.1) is 17.9 Å². The third-order valence-electron chi connectivity index (χ3n) is 2.76. The summed E-state index contributed by atoms with van der Waals surface area (Å²) in [7, 11) is 0. The highest BCUT2D eigenvalue weighted by atomic mass is 32.1. The summed E-state index contributed by atoms with van der Waals surface area (Å²) in [6, 6.07) is 4.04. The first-order valence-electron chi connectivity index (χ1n) is 6.17. The van der Waals surface area contributed by atoms with Gasteiger partial charge < -0.3 is 5.73 Å². The predicted octanol–water partition coefficient (Wildman–Crippen LogP) is 4.27. The van der Waals surface area contributed by atoms with E-state index in [1.54, 1.807) is 11.3 Å². The largest absolute Gasteiger partial charge is 0.389 e. The third kappa shape index (κ3) is 5.06. The lowest BCUT2D eigenvalue weighted by Crippen LogP contribution is -1.82. The molecule has 17 heavy (non-hydrogen) atoms. The second-order valence-electron chi connectivity index (χ2n) is 4.20. The minimum Gasteiger partial charge on any atom is -0.389 e. The van der Waals surface area contributed by atoms with Gasteiger partial charge in [0.15, 0.2) is 0 Å². The van der Waals surface area contributed by atoms with Crippen molar-refractivity contribution in [1.82, 2.24) is 0 Å². The number of hydrogen-bond acceptors (Lipinski definition) is 3. The van der Waals surface area contributed by atoms with E-state index in [4.69, 9.17) is 11.0 Å². The van der Waals surface area contributed by atoms with Gasteiger partial charge in [-0.2, -0.15) is 5.26 Å². The summed E-state index contributed by atoms with van der Waals surface area (Å²) >= 11 is 1.55. The minimum absolute atomic E-state index is 0.635. The number of nitrogens with two attached hydrogens (primary N) is 1. The fraction of sp³-hybridized carbons (Fsp3) is 0.500. The van der Waals surface area contributed by atoms with Crippen molar-refractivity contribution in [1.29, 1.82) is 5.26 Å². The molecule has 0 radical (unpaired) electrons. The Labute approximate surface area is 108 Å². The van der Waals surface area contributed by atoms with Crippen molar-refractivity contribution in [2.24, 2.45) is 0 Å². The van der Waals surface area contributed by atoms with Gasteiger partial charge in [0, 0.05) is 4.88 Å². The Bertz CT molecular complexity index is 387. The zero-order chi connectivity index (χ0) is 12.5. The maximum Gasteiger partial charge on any atom is 0.104 e. The molecule has 92 valence electrons. The van der Waals surface area contributed by atoms with Gasteiger partial charge in [-0.1, -0.05) is 25.3 Å². The quantitative estimate of drug-likeness (QED) is 0.551. The van der Waals surface area contributed by atoms with Crippen LogP contribution in [-0.4, -0.2) is 0 Å². The van der Waals surface area contributed by atoms with Crippen molar-refractivity contribution < 1.29 is 0 Å². The van der Waals surface area contributed by atoms with Gasteiger partial charge in [0.2, 0.25) is 0 Å². The normalized spacial score (nSPS) is 10.1. The monoisotopic (exact) mass is 248 g/mol. The molecule has 1 aromatic rings.